The first-order valence-electron chi connectivity index (χ1n) is 8.02. The van der Waals surface area contributed by atoms with Crippen LogP contribution in [0, 0.1) is 0 Å². The summed E-state index contributed by atoms with van der Waals surface area (Å²) in [7, 11) is 5.17. The summed E-state index contributed by atoms with van der Waals surface area (Å²) >= 11 is 0. The van der Waals surface area contributed by atoms with E-state index in [0.717, 1.165) is 23.6 Å². The number of hydrogen-bond acceptors (Lipinski definition) is 4. The second kappa shape index (κ2) is 12.6. The molecule has 1 rings (SSSR count). The van der Waals surface area contributed by atoms with Gasteiger partial charge in [-0.1, -0.05) is 0 Å². The highest BCUT2D eigenvalue weighted by Crippen LogP contribution is 2.25. The topological polar surface area (TPSA) is 75.2 Å². The fraction of sp³-hybridized carbons (Fsp3) is 0.529. The van der Waals surface area contributed by atoms with E-state index in [1.807, 2.05) is 44.0 Å². The molecular weight excluding hydrogens is 435 g/mol. The summed E-state index contributed by atoms with van der Waals surface area (Å²) < 4.78 is 10.6. The summed E-state index contributed by atoms with van der Waals surface area (Å²) in [5.41, 5.74) is 1.00. The third kappa shape index (κ3) is 7.80. The number of halogens is 1. The molecule has 0 saturated carbocycles. The number of benzene rings is 1. The Balaban J connectivity index is 0.00000576. The van der Waals surface area contributed by atoms with Gasteiger partial charge in [0.1, 0.15) is 18.0 Å². The second-order valence-corrected chi connectivity index (χ2v) is 5.16. The monoisotopic (exact) mass is 464 g/mol. The third-order valence-corrected chi connectivity index (χ3v) is 3.34. The van der Waals surface area contributed by atoms with E-state index < -0.39 is 0 Å². The lowest BCUT2D eigenvalue weighted by atomic mass is 10.2. The Labute approximate surface area is 167 Å². The summed E-state index contributed by atoms with van der Waals surface area (Å²) in [6.07, 6.45) is 0. The molecule has 0 radical (unpaired) electrons. The van der Waals surface area contributed by atoms with Crippen LogP contribution in [-0.2, 0) is 11.3 Å². The van der Waals surface area contributed by atoms with Crippen LogP contribution < -0.4 is 20.1 Å². The van der Waals surface area contributed by atoms with Crippen molar-refractivity contribution in [2.45, 2.75) is 20.4 Å². The van der Waals surface area contributed by atoms with E-state index in [4.69, 9.17) is 9.47 Å². The summed E-state index contributed by atoms with van der Waals surface area (Å²) in [6, 6.07) is 5.70. The molecule has 0 unspecified atom stereocenters. The molecule has 0 spiro atoms. The van der Waals surface area contributed by atoms with Gasteiger partial charge in [0.25, 0.3) is 0 Å². The Morgan fingerprint density at radius 3 is 2.40 bits per heavy atom. The Bertz CT molecular complexity index is 567. The number of likely N-dealkylation sites (N-methyl/N-ethyl adjacent to an activating group) is 1. The number of carbonyl (C=O) groups is 1. The van der Waals surface area contributed by atoms with E-state index in [0.29, 0.717) is 19.0 Å². The molecule has 0 aliphatic rings. The normalized spacial score (nSPS) is 10.5. The Kier molecular flexibility index (Phi) is 11.8. The molecule has 2 N–H and O–H groups in total. The quantitative estimate of drug-likeness (QED) is 0.349. The number of aliphatic imine (C=N–C) groups is 1. The molecule has 0 saturated heterocycles. The maximum atomic E-state index is 11.6. The van der Waals surface area contributed by atoms with Crippen molar-refractivity contribution in [3.63, 3.8) is 0 Å². The van der Waals surface area contributed by atoms with Gasteiger partial charge in [-0.15, -0.1) is 24.0 Å². The van der Waals surface area contributed by atoms with Gasteiger partial charge in [0.05, 0.1) is 14.2 Å². The summed E-state index contributed by atoms with van der Waals surface area (Å²) in [4.78, 5) is 17.9. The number of ether oxygens (including phenoxy) is 2. The zero-order valence-electron chi connectivity index (χ0n) is 15.6. The van der Waals surface area contributed by atoms with Crippen LogP contribution in [0.4, 0.5) is 0 Å². The summed E-state index contributed by atoms with van der Waals surface area (Å²) in [5.74, 6) is 2.07. The van der Waals surface area contributed by atoms with Crippen molar-refractivity contribution in [1.82, 2.24) is 15.5 Å². The van der Waals surface area contributed by atoms with Crippen LogP contribution in [0.25, 0.3) is 0 Å². The summed E-state index contributed by atoms with van der Waals surface area (Å²) in [6.45, 7) is 5.88. The third-order valence-electron chi connectivity index (χ3n) is 3.34. The van der Waals surface area contributed by atoms with Crippen molar-refractivity contribution in [1.29, 1.82) is 0 Å². The minimum Gasteiger partial charge on any atom is -0.497 e. The molecule has 25 heavy (non-hydrogen) atoms. The van der Waals surface area contributed by atoms with Crippen LogP contribution in [0.3, 0.4) is 0 Å². The smallest absolute Gasteiger partial charge is 0.241 e. The number of rotatable bonds is 8. The van der Waals surface area contributed by atoms with E-state index in [1.54, 1.807) is 14.2 Å². The number of carbonyl (C=O) groups excluding carboxylic acids is 1. The van der Waals surface area contributed by atoms with E-state index in [1.165, 1.54) is 0 Å². The Morgan fingerprint density at radius 1 is 1.16 bits per heavy atom. The Morgan fingerprint density at radius 2 is 1.84 bits per heavy atom. The van der Waals surface area contributed by atoms with Crippen molar-refractivity contribution in [2.24, 2.45) is 4.99 Å². The van der Waals surface area contributed by atoms with Gasteiger partial charge >= 0.3 is 0 Å². The van der Waals surface area contributed by atoms with Crippen LogP contribution in [0.2, 0.25) is 0 Å². The van der Waals surface area contributed by atoms with Gasteiger partial charge in [-0.2, -0.15) is 0 Å². The highest BCUT2D eigenvalue weighted by Gasteiger charge is 2.11. The number of amides is 1. The van der Waals surface area contributed by atoms with Gasteiger partial charge in [0, 0.05) is 38.3 Å². The van der Waals surface area contributed by atoms with Gasteiger partial charge in [-0.25, -0.2) is 4.99 Å². The van der Waals surface area contributed by atoms with Crippen LogP contribution >= 0.6 is 24.0 Å². The first-order valence-corrected chi connectivity index (χ1v) is 8.02. The Hall–Kier alpha value is -1.71. The number of nitrogens with one attached hydrogen (secondary N) is 2. The average molecular weight is 464 g/mol. The van der Waals surface area contributed by atoms with Crippen molar-refractivity contribution in [3.8, 4) is 11.5 Å². The molecule has 8 heteroatoms. The molecule has 1 aromatic carbocycles. The standard InChI is InChI=1S/C17H28N4O3.HI/c1-6-18-16(22)11-20-17(19-7-2)21(3)12-13-8-9-14(23-4)10-15(13)24-5;/h8-10H,6-7,11-12H2,1-5H3,(H,18,22)(H,19,20);1H. The molecule has 142 valence electrons. The predicted octanol–water partition coefficient (Wildman–Crippen LogP) is 1.86. The fourth-order valence-electron chi connectivity index (χ4n) is 2.18. The lowest BCUT2D eigenvalue weighted by molar-refractivity contribution is -0.119. The predicted molar refractivity (Wildman–Crippen MR) is 111 cm³/mol. The van der Waals surface area contributed by atoms with Gasteiger partial charge in [-0.3, -0.25) is 4.79 Å². The molecule has 1 amide bonds. The van der Waals surface area contributed by atoms with Gasteiger partial charge in [0.2, 0.25) is 5.91 Å². The van der Waals surface area contributed by atoms with E-state index >= 15 is 0 Å². The average Bonchev–Trinajstić information content (AvgIpc) is 2.59. The van der Waals surface area contributed by atoms with Crippen LogP contribution in [-0.4, -0.2) is 57.7 Å². The fourth-order valence-corrected chi connectivity index (χ4v) is 2.18. The highest BCUT2D eigenvalue weighted by molar-refractivity contribution is 14.0. The summed E-state index contributed by atoms with van der Waals surface area (Å²) in [5, 5.41) is 5.93. The van der Waals surface area contributed by atoms with Crippen molar-refractivity contribution in [2.75, 3.05) is 40.9 Å². The molecule has 0 bridgehead atoms. The molecule has 7 nitrogen and oxygen atoms in total. The first kappa shape index (κ1) is 23.3. The van der Waals surface area contributed by atoms with Gasteiger partial charge < -0.3 is 25.0 Å². The maximum Gasteiger partial charge on any atom is 0.241 e. The maximum absolute atomic E-state index is 11.6. The minimum atomic E-state index is -0.0941. The van der Waals surface area contributed by atoms with Crippen LogP contribution in [0.15, 0.2) is 23.2 Å². The van der Waals surface area contributed by atoms with Crippen molar-refractivity contribution >= 4 is 35.8 Å². The second-order valence-electron chi connectivity index (χ2n) is 5.16. The molecular formula is C17H29IN4O3. The lowest BCUT2D eigenvalue weighted by Crippen LogP contribution is -2.39. The number of guanidine groups is 1. The van der Waals surface area contributed by atoms with Crippen molar-refractivity contribution < 1.29 is 14.3 Å². The van der Waals surface area contributed by atoms with E-state index in [9.17, 15) is 4.79 Å². The molecule has 0 aliphatic heterocycles. The van der Waals surface area contributed by atoms with Gasteiger partial charge in [0.15, 0.2) is 5.96 Å². The molecule has 1 aromatic rings. The van der Waals surface area contributed by atoms with E-state index in [-0.39, 0.29) is 36.4 Å². The first-order chi connectivity index (χ1) is 11.5. The number of nitrogens with zero attached hydrogens (tertiary/aromatic N) is 2. The number of methoxy groups -OCH3 is 2. The largest absolute Gasteiger partial charge is 0.497 e. The molecule has 0 fully saturated rings. The molecule has 0 atom stereocenters. The zero-order chi connectivity index (χ0) is 17.9. The molecule has 0 aliphatic carbocycles. The molecule has 0 aromatic heterocycles. The lowest BCUT2D eigenvalue weighted by Gasteiger charge is -2.23. The van der Waals surface area contributed by atoms with Crippen LogP contribution in [0.1, 0.15) is 19.4 Å². The number of hydrogen-bond donors (Lipinski definition) is 2. The molecule has 0 heterocycles. The van der Waals surface area contributed by atoms with Crippen LogP contribution in [0.5, 0.6) is 11.5 Å². The van der Waals surface area contributed by atoms with Gasteiger partial charge in [-0.05, 0) is 26.0 Å². The zero-order valence-corrected chi connectivity index (χ0v) is 17.9. The van der Waals surface area contributed by atoms with Crippen molar-refractivity contribution in [3.05, 3.63) is 23.8 Å². The SMILES string of the molecule is CCNC(=O)CN=C(NCC)N(C)Cc1ccc(OC)cc1OC.I. The highest BCUT2D eigenvalue weighted by atomic mass is 127. The van der Waals surface area contributed by atoms with E-state index in [2.05, 4.69) is 15.6 Å². The minimum absolute atomic E-state index is 0.